The highest BCUT2D eigenvalue weighted by Gasteiger charge is 2.33. The van der Waals surface area contributed by atoms with Crippen LogP contribution < -0.4 is 10.8 Å². The molecule has 0 aliphatic carbocycles. The summed E-state index contributed by atoms with van der Waals surface area (Å²) < 4.78 is 14.4. The number of piperidine rings is 1. The van der Waals surface area contributed by atoms with Crippen molar-refractivity contribution in [1.82, 2.24) is 25.9 Å². The van der Waals surface area contributed by atoms with Gasteiger partial charge in [-0.2, -0.15) is 5.10 Å². The number of aromatic nitrogens is 2. The smallest absolute Gasteiger partial charge is 0.180 e. The summed E-state index contributed by atoms with van der Waals surface area (Å²) >= 11 is 0. The van der Waals surface area contributed by atoms with Crippen molar-refractivity contribution in [2.75, 3.05) is 32.7 Å². The van der Waals surface area contributed by atoms with Crippen molar-refractivity contribution in [2.24, 2.45) is 16.8 Å². The summed E-state index contributed by atoms with van der Waals surface area (Å²) in [4.78, 5) is 12.9. The van der Waals surface area contributed by atoms with Gasteiger partial charge in [0.05, 0.1) is 17.3 Å². The molecule has 1 aromatic heterocycles. The van der Waals surface area contributed by atoms with Gasteiger partial charge in [0.2, 0.25) is 0 Å². The Morgan fingerprint density at radius 1 is 1.23 bits per heavy atom. The van der Waals surface area contributed by atoms with Gasteiger partial charge >= 0.3 is 0 Å². The van der Waals surface area contributed by atoms with E-state index in [0.29, 0.717) is 22.7 Å². The summed E-state index contributed by atoms with van der Waals surface area (Å²) in [6.07, 6.45) is 3.49. The third-order valence-corrected chi connectivity index (χ3v) is 5.76. The van der Waals surface area contributed by atoms with E-state index in [0.717, 1.165) is 50.5 Å². The zero-order valence-electron chi connectivity index (χ0n) is 14.5. The second-order valence-electron chi connectivity index (χ2n) is 7.50. The lowest BCUT2D eigenvalue weighted by atomic mass is 9.93. The van der Waals surface area contributed by atoms with Crippen LogP contribution in [-0.2, 0) is 4.84 Å². The number of nitrogens with zero attached hydrogens (tertiary/aromatic N) is 3. The first-order valence-electron chi connectivity index (χ1n) is 9.32. The van der Waals surface area contributed by atoms with Crippen LogP contribution in [-0.4, -0.2) is 59.9 Å². The van der Waals surface area contributed by atoms with Crippen LogP contribution in [0.2, 0.25) is 0 Å². The number of benzene rings is 1. The first-order valence-corrected chi connectivity index (χ1v) is 9.32. The zero-order chi connectivity index (χ0) is 17.5. The minimum Gasteiger partial charge on any atom is -0.316 e. The third-order valence-electron chi connectivity index (χ3n) is 5.76. The van der Waals surface area contributed by atoms with Crippen LogP contribution in [0.1, 0.15) is 18.4 Å². The molecule has 26 heavy (non-hydrogen) atoms. The Hall–Kier alpha value is -2.03. The molecular weight excluding hydrogens is 335 g/mol. The molecule has 0 radical (unpaired) electrons. The molecule has 1 atom stereocenters. The van der Waals surface area contributed by atoms with Gasteiger partial charge in [-0.15, -0.1) is 0 Å². The monoisotopic (exact) mass is 358 g/mol. The quantitative estimate of drug-likeness (QED) is 0.767. The van der Waals surface area contributed by atoms with Gasteiger partial charge in [0, 0.05) is 30.9 Å². The van der Waals surface area contributed by atoms with E-state index < -0.39 is 0 Å². The zero-order valence-corrected chi connectivity index (χ0v) is 14.5. The topological polar surface area (TPSA) is 77.6 Å². The van der Waals surface area contributed by atoms with Crippen molar-refractivity contribution in [3.63, 3.8) is 0 Å². The van der Waals surface area contributed by atoms with E-state index in [-0.39, 0.29) is 12.0 Å². The summed E-state index contributed by atoms with van der Waals surface area (Å²) in [5.41, 5.74) is 4.06. The van der Waals surface area contributed by atoms with Crippen molar-refractivity contribution in [3.8, 4) is 0 Å². The number of aromatic amines is 1. The normalized spacial score (nSPS) is 25.3. The molecule has 0 bridgehead atoms. The lowest BCUT2D eigenvalue weighted by Gasteiger charge is -2.37. The SMILES string of the molecule is Fc1ccc2[nH]ncc2c1C1=NC(C2CCN(CC3CNC3)CC2)ON1. The van der Waals surface area contributed by atoms with E-state index in [4.69, 9.17) is 4.84 Å². The number of fused-ring (bicyclic) bond motifs is 1. The van der Waals surface area contributed by atoms with Crippen molar-refractivity contribution in [3.05, 3.63) is 29.7 Å². The molecule has 4 heterocycles. The minimum atomic E-state index is -0.321. The molecular formula is C18H23FN6O. The van der Waals surface area contributed by atoms with Gasteiger partial charge in [0.1, 0.15) is 5.82 Å². The van der Waals surface area contributed by atoms with Gasteiger partial charge in [-0.3, -0.25) is 5.10 Å². The van der Waals surface area contributed by atoms with Gasteiger partial charge < -0.3 is 10.2 Å². The molecule has 2 aromatic rings. The Kier molecular flexibility index (Phi) is 4.11. The Bertz CT molecular complexity index is 824. The average Bonchev–Trinajstić information content (AvgIpc) is 3.28. The minimum absolute atomic E-state index is 0.251. The maximum atomic E-state index is 14.4. The van der Waals surface area contributed by atoms with E-state index in [1.165, 1.54) is 12.6 Å². The van der Waals surface area contributed by atoms with Crippen molar-refractivity contribution >= 4 is 16.7 Å². The Balaban J connectivity index is 1.28. The Morgan fingerprint density at radius 3 is 2.85 bits per heavy atom. The number of hydroxylamine groups is 1. The fourth-order valence-corrected chi connectivity index (χ4v) is 4.11. The van der Waals surface area contributed by atoms with E-state index in [2.05, 4.69) is 30.9 Å². The standard InChI is InChI=1S/C18H23FN6O/c19-14-1-2-15-13(9-21-23-15)16(14)17-22-18(26-24-17)12-3-5-25(6-4-12)10-11-7-20-8-11/h1-2,9,11-12,18,20H,3-8,10H2,(H,21,23)(H,22,24). The lowest BCUT2D eigenvalue weighted by Crippen LogP contribution is -2.50. The van der Waals surface area contributed by atoms with Crippen LogP contribution in [0.4, 0.5) is 4.39 Å². The Morgan fingerprint density at radius 2 is 2.08 bits per heavy atom. The van der Waals surface area contributed by atoms with Crippen molar-refractivity contribution in [2.45, 2.75) is 19.1 Å². The molecule has 0 amide bonds. The summed E-state index contributed by atoms with van der Waals surface area (Å²) in [6.45, 7) is 5.64. The number of nitrogens with one attached hydrogen (secondary N) is 3. The van der Waals surface area contributed by atoms with Gasteiger partial charge in [-0.1, -0.05) is 0 Å². The fourth-order valence-electron chi connectivity index (χ4n) is 4.11. The van der Waals surface area contributed by atoms with Crippen LogP contribution in [0.25, 0.3) is 10.9 Å². The highest BCUT2D eigenvalue weighted by atomic mass is 19.1. The van der Waals surface area contributed by atoms with Crippen LogP contribution in [0.5, 0.6) is 0 Å². The van der Waals surface area contributed by atoms with Crippen LogP contribution >= 0.6 is 0 Å². The summed E-state index contributed by atoms with van der Waals surface area (Å²) in [5.74, 6) is 1.31. The molecule has 8 heteroatoms. The number of rotatable bonds is 4. The third kappa shape index (κ3) is 2.87. The maximum absolute atomic E-state index is 14.4. The molecule has 1 aromatic carbocycles. The summed E-state index contributed by atoms with van der Waals surface area (Å²) in [5, 5.41) is 10.9. The van der Waals surface area contributed by atoms with Crippen molar-refractivity contribution in [1.29, 1.82) is 0 Å². The highest BCUT2D eigenvalue weighted by Crippen LogP contribution is 2.28. The Labute approximate surface area is 150 Å². The first-order chi connectivity index (χ1) is 12.8. The molecule has 7 nitrogen and oxygen atoms in total. The number of amidine groups is 1. The number of H-pyrrole nitrogens is 1. The number of aliphatic imine (C=N–C) groups is 1. The van der Waals surface area contributed by atoms with E-state index in [1.54, 1.807) is 12.3 Å². The van der Waals surface area contributed by atoms with Crippen LogP contribution in [0, 0.1) is 17.7 Å². The van der Waals surface area contributed by atoms with Gasteiger partial charge in [-0.25, -0.2) is 19.7 Å². The molecule has 0 saturated carbocycles. The second-order valence-corrected chi connectivity index (χ2v) is 7.50. The summed E-state index contributed by atoms with van der Waals surface area (Å²) in [6, 6.07) is 3.11. The number of hydrogen-bond donors (Lipinski definition) is 3. The fraction of sp³-hybridized carbons (Fsp3) is 0.556. The van der Waals surface area contributed by atoms with Crippen molar-refractivity contribution < 1.29 is 9.23 Å². The second kappa shape index (κ2) is 6.61. The molecule has 0 spiro atoms. The van der Waals surface area contributed by atoms with E-state index in [1.807, 2.05) is 0 Å². The van der Waals surface area contributed by atoms with Gasteiger partial charge in [-0.05, 0) is 44.0 Å². The molecule has 2 fully saturated rings. The number of likely N-dealkylation sites (tertiary alicyclic amines) is 1. The molecule has 1 unspecified atom stereocenters. The predicted octanol–water partition coefficient (Wildman–Crippen LogP) is 1.24. The first kappa shape index (κ1) is 16.2. The lowest BCUT2D eigenvalue weighted by molar-refractivity contribution is -0.0196. The van der Waals surface area contributed by atoms with E-state index >= 15 is 0 Å². The molecule has 3 aliphatic rings. The number of hydrogen-bond acceptors (Lipinski definition) is 6. The largest absolute Gasteiger partial charge is 0.316 e. The number of halogens is 1. The van der Waals surface area contributed by atoms with Gasteiger partial charge in [0.25, 0.3) is 0 Å². The van der Waals surface area contributed by atoms with E-state index in [9.17, 15) is 4.39 Å². The molecule has 138 valence electrons. The highest BCUT2D eigenvalue weighted by molar-refractivity contribution is 6.09. The molecule has 3 aliphatic heterocycles. The van der Waals surface area contributed by atoms with Crippen LogP contribution in [0.15, 0.2) is 23.3 Å². The average molecular weight is 358 g/mol. The molecule has 3 N–H and O–H groups in total. The molecule has 5 rings (SSSR count). The molecule has 2 saturated heterocycles. The van der Waals surface area contributed by atoms with Gasteiger partial charge in [0.15, 0.2) is 12.1 Å². The summed E-state index contributed by atoms with van der Waals surface area (Å²) in [7, 11) is 0. The van der Waals surface area contributed by atoms with Crippen LogP contribution in [0.3, 0.4) is 0 Å². The maximum Gasteiger partial charge on any atom is 0.180 e. The predicted molar refractivity (Wildman–Crippen MR) is 96.1 cm³/mol.